The molecular formula is C19H18ClI4N3O3. The number of hydrogen-bond donors (Lipinski definition) is 0. The van der Waals surface area contributed by atoms with Crippen molar-refractivity contribution in [2.24, 2.45) is 0 Å². The van der Waals surface area contributed by atoms with Crippen LogP contribution in [0.3, 0.4) is 0 Å². The van der Waals surface area contributed by atoms with Crippen LogP contribution in [-0.4, -0.2) is 13.7 Å². The average Bonchev–Trinajstić information content (AvgIpc) is 2.61. The van der Waals surface area contributed by atoms with Crippen molar-refractivity contribution in [3.8, 4) is 0 Å². The Balaban J connectivity index is 2.87. The lowest BCUT2D eigenvalue weighted by Gasteiger charge is -2.21. The first-order valence-corrected chi connectivity index (χ1v) is 13.2. The molecule has 0 aliphatic rings. The smallest absolute Gasteiger partial charge is 0.247 e. The quantitative estimate of drug-likeness (QED) is 0.223. The van der Waals surface area contributed by atoms with Gasteiger partial charge in [-0.05, 0) is 121 Å². The van der Waals surface area contributed by atoms with Gasteiger partial charge in [0.2, 0.25) is 0 Å². The molecule has 0 amide bonds. The van der Waals surface area contributed by atoms with E-state index in [1.54, 1.807) is 19.9 Å². The first kappa shape index (κ1) is 26.6. The highest BCUT2D eigenvalue weighted by Crippen LogP contribution is 2.48. The third kappa shape index (κ3) is 6.01. The van der Waals surface area contributed by atoms with Crippen molar-refractivity contribution < 1.29 is 0 Å². The Labute approximate surface area is 233 Å². The second-order valence-corrected chi connectivity index (χ2v) is 19.4. The van der Waals surface area contributed by atoms with E-state index in [0.29, 0.717) is 16.2 Å². The summed E-state index contributed by atoms with van der Waals surface area (Å²) in [6.07, 6.45) is 0. The molecule has 0 saturated heterocycles. The molecule has 0 aliphatic carbocycles. The maximum Gasteiger partial charge on any atom is 0.336 e. The molecule has 2 rings (SSSR count). The van der Waals surface area contributed by atoms with Crippen molar-refractivity contribution in [2.45, 2.75) is 32.9 Å². The Morgan fingerprint density at radius 2 is 1.37 bits per heavy atom. The number of aromatic nitrogens is 3. The zero-order valence-electron chi connectivity index (χ0n) is 16.1. The summed E-state index contributed by atoms with van der Waals surface area (Å²) in [5.74, 6) is 0. The van der Waals surface area contributed by atoms with Gasteiger partial charge in [-0.15, -0.1) is 0 Å². The summed E-state index contributed by atoms with van der Waals surface area (Å²) in [6.45, 7) is 11.1. The zero-order chi connectivity index (χ0) is 23.0. The van der Waals surface area contributed by atoms with Gasteiger partial charge >= 0.3 is 17.1 Å². The van der Waals surface area contributed by atoms with E-state index >= 15 is 0 Å². The molecule has 0 saturated carbocycles. The molecule has 0 bridgehead atoms. The predicted molar refractivity (Wildman–Crippen MR) is 156 cm³/mol. The second-order valence-electron chi connectivity index (χ2n) is 6.91. The van der Waals surface area contributed by atoms with Gasteiger partial charge in [-0.1, -0.05) is 42.0 Å². The Bertz CT molecular complexity index is 1150. The van der Waals surface area contributed by atoms with Gasteiger partial charge in [-0.25, -0.2) is 28.1 Å². The van der Waals surface area contributed by atoms with E-state index in [1.807, 2.05) is 6.07 Å². The lowest BCUT2D eigenvalue weighted by Crippen LogP contribution is -2.55. The van der Waals surface area contributed by atoms with Crippen molar-refractivity contribution >= 4 is 102 Å². The summed E-state index contributed by atoms with van der Waals surface area (Å²) >= 11 is 15.3. The zero-order valence-corrected chi connectivity index (χ0v) is 25.5. The fraction of sp³-hybridized carbons (Fsp3) is 0.316. The summed E-state index contributed by atoms with van der Waals surface area (Å²) < 4.78 is 3.60. The van der Waals surface area contributed by atoms with Crippen molar-refractivity contribution in [2.75, 3.05) is 0 Å². The van der Waals surface area contributed by atoms with Crippen molar-refractivity contribution in [1.29, 1.82) is 0 Å². The fourth-order valence-corrected chi connectivity index (χ4v) is 5.13. The van der Waals surface area contributed by atoms with Crippen LogP contribution in [0.5, 0.6) is 0 Å². The maximum atomic E-state index is 13.2. The Morgan fingerprint density at radius 1 is 0.933 bits per heavy atom. The van der Waals surface area contributed by atoms with Crippen LogP contribution in [0.15, 0.2) is 50.8 Å². The van der Waals surface area contributed by atoms with E-state index in [1.165, 1.54) is 0 Å². The Kier molecular flexibility index (Phi) is 9.30. The first-order chi connectivity index (χ1) is 13.8. The van der Waals surface area contributed by atoms with Crippen LogP contribution in [-0.2, 0) is 19.1 Å². The van der Waals surface area contributed by atoms with Gasteiger partial charge in [-0.2, -0.15) is 0 Å². The van der Waals surface area contributed by atoms with Crippen LogP contribution >= 0.6 is 102 Å². The van der Waals surface area contributed by atoms with E-state index in [9.17, 15) is 14.4 Å². The normalized spacial score (nSPS) is 11.6. The van der Waals surface area contributed by atoms with Crippen LogP contribution < -0.4 is 17.1 Å². The number of nitrogens with zero attached hydrogens (tertiary/aromatic N) is 3. The second kappa shape index (κ2) is 10.5. The van der Waals surface area contributed by atoms with Crippen LogP contribution in [0.25, 0.3) is 0 Å². The molecule has 11 heteroatoms. The average molecular weight is 879 g/mol. The molecule has 6 nitrogen and oxygen atoms in total. The molecule has 0 radical (unpaired) electrons. The first-order valence-electron chi connectivity index (χ1n) is 8.53. The Hall–Kier alpha value is 0.320. The van der Waals surface area contributed by atoms with Crippen LogP contribution in [0, 0.1) is 3.57 Å². The fourth-order valence-electron chi connectivity index (χ4n) is 2.80. The third-order valence-electron chi connectivity index (χ3n) is 4.06. The van der Waals surface area contributed by atoms with Gasteiger partial charge in [0.1, 0.15) is -0.565 Å². The SMILES string of the molecule is C=C(C)Cn1c(=O)n(CC(=C)C)c(=O)n(Cc2c(C(I)(I)I)ccc(Cl)c2I)c1=O. The van der Waals surface area contributed by atoms with E-state index < -0.39 is 17.1 Å². The molecule has 0 unspecified atom stereocenters. The molecule has 1 aromatic heterocycles. The number of halogens is 5. The monoisotopic (exact) mass is 879 g/mol. The molecule has 0 spiro atoms. The highest BCUT2D eigenvalue weighted by Gasteiger charge is 2.27. The van der Waals surface area contributed by atoms with Gasteiger partial charge in [0.15, 0.2) is 0 Å². The molecule has 0 fully saturated rings. The molecule has 1 heterocycles. The van der Waals surface area contributed by atoms with Crippen LogP contribution in [0.1, 0.15) is 25.0 Å². The maximum absolute atomic E-state index is 13.2. The summed E-state index contributed by atoms with van der Waals surface area (Å²) in [5.41, 5.74) is 0.952. The highest BCUT2D eigenvalue weighted by molar-refractivity contribution is 14.3. The van der Waals surface area contributed by atoms with Crippen molar-refractivity contribution in [3.05, 3.63) is 87.6 Å². The molecule has 0 aliphatic heterocycles. The van der Waals surface area contributed by atoms with E-state index in [2.05, 4.69) is 104 Å². The molecule has 162 valence electrons. The molecular weight excluding hydrogens is 861 g/mol. The summed E-state index contributed by atoms with van der Waals surface area (Å²) in [4.78, 5) is 39.1. The van der Waals surface area contributed by atoms with Gasteiger partial charge in [-0.3, -0.25) is 0 Å². The topological polar surface area (TPSA) is 66.0 Å². The van der Waals surface area contributed by atoms with E-state index in [-0.39, 0.29) is 19.1 Å². The minimum absolute atomic E-state index is 0.00471. The lowest BCUT2D eigenvalue weighted by atomic mass is 10.1. The number of rotatable bonds is 7. The van der Waals surface area contributed by atoms with Gasteiger partial charge < -0.3 is 0 Å². The molecule has 30 heavy (non-hydrogen) atoms. The van der Waals surface area contributed by atoms with Crippen molar-refractivity contribution in [3.63, 3.8) is 0 Å². The van der Waals surface area contributed by atoms with Gasteiger partial charge in [0.25, 0.3) is 0 Å². The summed E-state index contributed by atoms with van der Waals surface area (Å²) in [6, 6.07) is 3.70. The molecule has 1 aromatic carbocycles. The van der Waals surface area contributed by atoms with Crippen LogP contribution in [0.2, 0.25) is 5.02 Å². The lowest BCUT2D eigenvalue weighted by molar-refractivity contribution is 0.488. The standard InChI is InChI=1S/C19H18ClI4N3O3/c1-10(2)7-25-16(28)26(8-11(3)4)18(30)27(17(25)29)9-12-13(19(22,23)24)5-6-14(20)15(12)21/h5-6H,1,3,7-9H2,2,4H3. The summed E-state index contributed by atoms with van der Waals surface area (Å²) in [5, 5.41) is 0.536. The number of alkyl halides is 3. The van der Waals surface area contributed by atoms with E-state index in [4.69, 9.17) is 11.6 Å². The number of hydrogen-bond acceptors (Lipinski definition) is 3. The highest BCUT2D eigenvalue weighted by atomic mass is 127. The Morgan fingerprint density at radius 3 is 1.77 bits per heavy atom. The largest absolute Gasteiger partial charge is 0.336 e. The minimum atomic E-state index is -0.673. The minimum Gasteiger partial charge on any atom is -0.247 e. The predicted octanol–water partition coefficient (Wildman–Crippen LogP) is 5.05. The van der Waals surface area contributed by atoms with Gasteiger partial charge in [0, 0.05) is 3.57 Å². The van der Waals surface area contributed by atoms with Crippen molar-refractivity contribution in [1.82, 2.24) is 13.7 Å². The van der Waals surface area contributed by atoms with E-state index in [0.717, 1.165) is 28.4 Å². The molecule has 0 N–H and O–H groups in total. The summed E-state index contributed by atoms with van der Waals surface area (Å²) in [7, 11) is 0. The number of allylic oxidation sites excluding steroid dienone is 2. The molecule has 0 atom stereocenters. The molecule has 2 aromatic rings. The third-order valence-corrected chi connectivity index (χ3v) is 7.67. The van der Waals surface area contributed by atoms with Crippen LogP contribution in [0.4, 0.5) is 0 Å². The van der Waals surface area contributed by atoms with Gasteiger partial charge in [0.05, 0.1) is 24.7 Å². The number of benzene rings is 1.